The number of methoxy groups -OCH3 is 1. The zero-order valence-electron chi connectivity index (χ0n) is 20.2. The number of hydrogen-bond acceptors (Lipinski definition) is 6. The Morgan fingerprint density at radius 2 is 1.97 bits per heavy atom. The number of nitrogens with two attached hydrogens (primary N) is 1. The lowest BCUT2D eigenvalue weighted by Crippen LogP contribution is -2.82. The topological polar surface area (TPSA) is 134 Å². The fourth-order valence-electron chi connectivity index (χ4n) is 3.14. The maximum atomic E-state index is 11.8. The van der Waals surface area contributed by atoms with Crippen molar-refractivity contribution in [3.63, 3.8) is 0 Å². The van der Waals surface area contributed by atoms with E-state index < -0.39 is 11.7 Å². The summed E-state index contributed by atoms with van der Waals surface area (Å²) in [6.07, 6.45) is 2.85. The number of nitrogens with zero attached hydrogens (tertiary/aromatic N) is 2. The van der Waals surface area contributed by atoms with Crippen LogP contribution in [0.2, 0.25) is 0 Å². The molecule has 1 aromatic carbocycles. The molecular formula is C23H35N4O6+. The lowest BCUT2D eigenvalue weighted by atomic mass is 9.98. The average Bonchev–Trinajstić information content (AvgIpc) is 3.20. The van der Waals surface area contributed by atoms with Gasteiger partial charge in [0.1, 0.15) is 17.8 Å². The van der Waals surface area contributed by atoms with Gasteiger partial charge < -0.3 is 19.9 Å². The van der Waals surface area contributed by atoms with E-state index in [4.69, 9.17) is 19.4 Å². The quantitative estimate of drug-likeness (QED) is 0.465. The number of amides is 2. The molecular weight excluding hydrogens is 428 g/mol. The molecule has 2 amide bonds. The maximum Gasteiger partial charge on any atom is 0.413 e. The highest BCUT2D eigenvalue weighted by Crippen LogP contribution is 2.31. The predicted octanol–water partition coefficient (Wildman–Crippen LogP) is 3.38. The summed E-state index contributed by atoms with van der Waals surface area (Å²) in [5, 5.41) is 11.6. The number of nitrogens with one attached hydrogen (secondary N) is 1. The molecule has 0 bridgehead atoms. The van der Waals surface area contributed by atoms with Crippen LogP contribution in [0.5, 0.6) is 0 Å². The monoisotopic (exact) mass is 463 g/mol. The van der Waals surface area contributed by atoms with Gasteiger partial charge in [0.25, 0.3) is 6.47 Å². The second-order valence-electron chi connectivity index (χ2n) is 7.90. The molecule has 0 aromatic heterocycles. The van der Waals surface area contributed by atoms with Crippen LogP contribution >= 0.6 is 0 Å². The molecule has 0 aliphatic carbocycles. The number of allylic oxidation sites excluding steroid dienone is 1. The van der Waals surface area contributed by atoms with E-state index >= 15 is 0 Å². The first-order chi connectivity index (χ1) is 15.7. The van der Waals surface area contributed by atoms with Gasteiger partial charge in [-0.05, 0) is 50.8 Å². The van der Waals surface area contributed by atoms with Gasteiger partial charge >= 0.3 is 12.2 Å². The van der Waals surface area contributed by atoms with Crippen molar-refractivity contribution < 1.29 is 34.3 Å². The Hall–Kier alpha value is -3.40. The van der Waals surface area contributed by atoms with Crippen molar-refractivity contribution in [1.29, 1.82) is 0 Å². The average molecular weight is 464 g/mol. The fraction of sp³-hybridized carbons (Fsp3) is 0.478. The number of benzene rings is 1. The van der Waals surface area contributed by atoms with E-state index in [1.54, 1.807) is 4.90 Å². The largest absolute Gasteiger partial charge is 0.483 e. The van der Waals surface area contributed by atoms with E-state index in [0.29, 0.717) is 13.1 Å². The molecule has 0 atom stereocenters. The maximum absolute atomic E-state index is 11.8. The second kappa shape index (κ2) is 13.2. The molecule has 0 spiro atoms. The molecule has 4 N–H and O–H groups in total. The van der Waals surface area contributed by atoms with Crippen LogP contribution in [0.3, 0.4) is 0 Å². The molecule has 10 nitrogen and oxygen atoms in total. The first kappa shape index (κ1) is 27.6. The Labute approximate surface area is 194 Å². The van der Waals surface area contributed by atoms with Gasteiger partial charge in [0.05, 0.1) is 7.11 Å². The van der Waals surface area contributed by atoms with Crippen LogP contribution in [-0.2, 0) is 14.3 Å². The molecule has 0 unspecified atom stereocenters. The van der Waals surface area contributed by atoms with Crippen LogP contribution in [0.15, 0.2) is 29.4 Å². The Morgan fingerprint density at radius 3 is 2.58 bits per heavy atom. The zero-order valence-corrected chi connectivity index (χ0v) is 20.2. The van der Waals surface area contributed by atoms with Crippen molar-refractivity contribution in [2.75, 3.05) is 20.2 Å². The van der Waals surface area contributed by atoms with Crippen LogP contribution < -0.4 is 10.6 Å². The number of rotatable bonds is 3. The summed E-state index contributed by atoms with van der Waals surface area (Å²) in [6, 6.07) is 6.03. The van der Waals surface area contributed by atoms with Gasteiger partial charge in [-0.3, -0.25) is 15.0 Å². The number of carbonyl (C=O) groups excluding carboxylic acids is 2. The predicted molar refractivity (Wildman–Crippen MR) is 126 cm³/mol. The Bertz CT molecular complexity index is 889. The lowest BCUT2D eigenvalue weighted by Gasteiger charge is -2.24. The van der Waals surface area contributed by atoms with Crippen LogP contribution in [0.25, 0.3) is 5.57 Å². The van der Waals surface area contributed by atoms with Crippen molar-refractivity contribution in [2.24, 2.45) is 4.99 Å². The summed E-state index contributed by atoms with van der Waals surface area (Å²) in [5.41, 5.74) is 3.48. The normalized spacial score (nSPS) is 14.2. The van der Waals surface area contributed by atoms with E-state index in [1.165, 1.54) is 7.11 Å². The molecule has 2 aliphatic rings. The van der Waals surface area contributed by atoms with Crippen molar-refractivity contribution >= 4 is 41.4 Å². The molecule has 0 saturated carbocycles. The van der Waals surface area contributed by atoms with Gasteiger partial charge in [-0.2, -0.15) is 4.99 Å². The van der Waals surface area contributed by atoms with E-state index in [1.807, 2.05) is 58.3 Å². The third-order valence-electron chi connectivity index (χ3n) is 4.36. The highest BCUT2D eigenvalue weighted by Gasteiger charge is 2.24. The van der Waals surface area contributed by atoms with Crippen LogP contribution in [0, 0.1) is 0 Å². The van der Waals surface area contributed by atoms with Crippen molar-refractivity contribution in [2.45, 2.75) is 53.1 Å². The molecule has 1 aromatic rings. The number of carbonyl (C=O) groups is 3. The number of ether oxygens (including phenoxy) is 2. The van der Waals surface area contributed by atoms with E-state index in [-0.39, 0.29) is 12.6 Å². The third kappa shape index (κ3) is 8.93. The van der Waals surface area contributed by atoms with Crippen molar-refractivity contribution in [1.82, 2.24) is 10.2 Å². The standard InChI is InChI=1S/C20H26N4O4.C2H6.CH2O2/c1-20(2,3)28-18(25)21-11-17-22-15-8-7-13(10-16(15)23-17)14-6-5-9-24(12-14)19(26)27-4;1-2;2-1-3/h7-8,10,12H,5-6,9,11H2,1-4H3,(H,21,25)(H,22,23);1-2H3;1H,(H,2,3)/p+1. The molecule has 2 aliphatic heterocycles. The Morgan fingerprint density at radius 1 is 1.30 bits per heavy atom. The van der Waals surface area contributed by atoms with E-state index in [9.17, 15) is 9.59 Å². The number of alkyl carbamates (subject to hydrolysis) is 1. The first-order valence-corrected chi connectivity index (χ1v) is 10.8. The molecule has 3 rings (SSSR count). The first-order valence-electron chi connectivity index (χ1n) is 10.8. The minimum Gasteiger partial charge on any atom is -0.483 e. The van der Waals surface area contributed by atoms with Crippen LogP contribution in [0.4, 0.5) is 21.0 Å². The smallest absolute Gasteiger partial charge is 0.413 e. The number of hydrogen-bond donors (Lipinski definition) is 3. The number of aliphatic imine (C=N–C) groups is 1. The van der Waals surface area contributed by atoms with Gasteiger partial charge in [0, 0.05) is 18.8 Å². The summed E-state index contributed by atoms with van der Waals surface area (Å²) >= 11 is 0. The SMILES string of the molecule is CC.COC(=O)N1C=C(c2ccc3c(c2)[NH2+]C(CNC(=O)OC(C)(C)C)=N3)CCC1.O=CO. The molecule has 0 fully saturated rings. The Kier molecular flexibility index (Phi) is 11.1. The van der Waals surface area contributed by atoms with Crippen LogP contribution in [0.1, 0.15) is 53.0 Å². The van der Waals surface area contributed by atoms with Gasteiger partial charge in [-0.25, -0.2) is 9.59 Å². The highest BCUT2D eigenvalue weighted by atomic mass is 16.6. The number of amidine groups is 1. The lowest BCUT2D eigenvalue weighted by molar-refractivity contribution is -0.440. The number of carboxylic acid groups (broad SMARTS) is 1. The number of fused-ring (bicyclic) bond motifs is 1. The van der Waals surface area contributed by atoms with Gasteiger partial charge in [-0.15, -0.1) is 0 Å². The third-order valence-corrected chi connectivity index (χ3v) is 4.36. The van der Waals surface area contributed by atoms with Crippen molar-refractivity contribution in [3.05, 3.63) is 30.0 Å². The summed E-state index contributed by atoms with van der Waals surface area (Å²) in [7, 11) is 1.39. The molecule has 0 radical (unpaired) electrons. The molecule has 33 heavy (non-hydrogen) atoms. The van der Waals surface area contributed by atoms with Gasteiger partial charge in [0.2, 0.25) is 5.84 Å². The molecule has 10 heteroatoms. The van der Waals surface area contributed by atoms with E-state index in [0.717, 1.165) is 41.2 Å². The molecule has 2 heterocycles. The second-order valence-corrected chi connectivity index (χ2v) is 7.90. The summed E-state index contributed by atoms with van der Waals surface area (Å²) < 4.78 is 10.1. The molecule has 0 saturated heterocycles. The minimum absolute atomic E-state index is 0.250. The number of quaternary nitrogens is 1. The van der Waals surface area contributed by atoms with Gasteiger partial charge in [-0.1, -0.05) is 19.9 Å². The Balaban J connectivity index is 0.00000101. The van der Waals surface area contributed by atoms with Crippen molar-refractivity contribution in [3.8, 4) is 0 Å². The summed E-state index contributed by atoms with van der Waals surface area (Å²) in [6.45, 7) is 10.2. The summed E-state index contributed by atoms with van der Waals surface area (Å²) in [4.78, 5) is 38.1. The minimum atomic E-state index is -0.533. The highest BCUT2D eigenvalue weighted by molar-refractivity contribution is 5.89. The van der Waals surface area contributed by atoms with Gasteiger partial charge in [0.15, 0.2) is 5.69 Å². The van der Waals surface area contributed by atoms with E-state index in [2.05, 4.69) is 16.4 Å². The molecule has 182 valence electrons. The fourth-order valence-corrected chi connectivity index (χ4v) is 3.14. The summed E-state index contributed by atoms with van der Waals surface area (Å²) in [5.74, 6) is 0.770. The zero-order chi connectivity index (χ0) is 25.0. The van der Waals surface area contributed by atoms with Crippen LogP contribution in [-0.4, -0.2) is 60.3 Å².